The van der Waals surface area contributed by atoms with E-state index in [-0.39, 0.29) is 5.56 Å². The van der Waals surface area contributed by atoms with Crippen molar-refractivity contribution in [1.29, 1.82) is 0 Å². The number of ether oxygens (including phenoxy) is 1. The van der Waals surface area contributed by atoms with Gasteiger partial charge in [-0.25, -0.2) is 4.98 Å². The summed E-state index contributed by atoms with van der Waals surface area (Å²) in [6.07, 6.45) is 1.51. The summed E-state index contributed by atoms with van der Waals surface area (Å²) >= 11 is 11.9. The van der Waals surface area contributed by atoms with Gasteiger partial charge in [-0.05, 0) is 30.3 Å². The summed E-state index contributed by atoms with van der Waals surface area (Å²) in [6, 6.07) is 12.3. The van der Waals surface area contributed by atoms with Crippen LogP contribution in [-0.4, -0.2) is 16.2 Å². The van der Waals surface area contributed by atoms with Crippen molar-refractivity contribution in [2.45, 2.75) is 6.54 Å². The van der Waals surface area contributed by atoms with Gasteiger partial charge in [-0.2, -0.15) is 0 Å². The van der Waals surface area contributed by atoms with Gasteiger partial charge < -0.3 is 4.74 Å². The fraction of sp³-hybridized carbons (Fsp3) is 0.125. The third-order valence-electron chi connectivity index (χ3n) is 3.21. The standard InChI is InChI=1S/C16H12Cl2N2O2/c17-11-5-6-14-12(9-11)16(21)20(10-19-14)7-8-22-15-4-2-1-3-13(15)18/h1-6,9-10H,7-8H2. The van der Waals surface area contributed by atoms with Crippen molar-refractivity contribution in [3.8, 4) is 5.75 Å². The van der Waals surface area contributed by atoms with Gasteiger partial charge in [-0.1, -0.05) is 35.3 Å². The number of para-hydroxylation sites is 1. The highest BCUT2D eigenvalue weighted by molar-refractivity contribution is 6.32. The van der Waals surface area contributed by atoms with Crippen LogP contribution in [0.25, 0.3) is 10.9 Å². The van der Waals surface area contributed by atoms with E-state index >= 15 is 0 Å². The summed E-state index contributed by atoms with van der Waals surface area (Å²) in [5.74, 6) is 0.592. The van der Waals surface area contributed by atoms with Crippen LogP contribution in [0.4, 0.5) is 0 Å². The smallest absolute Gasteiger partial charge is 0.261 e. The maximum atomic E-state index is 12.4. The average molecular weight is 335 g/mol. The Balaban J connectivity index is 1.78. The predicted molar refractivity (Wildman–Crippen MR) is 88.0 cm³/mol. The summed E-state index contributed by atoms with van der Waals surface area (Å²) in [4.78, 5) is 16.6. The Hall–Kier alpha value is -2.04. The Kier molecular flexibility index (Phi) is 4.32. The molecule has 2 aromatic carbocycles. The van der Waals surface area contributed by atoms with Gasteiger partial charge in [0.1, 0.15) is 12.4 Å². The largest absolute Gasteiger partial charge is 0.490 e. The van der Waals surface area contributed by atoms with Crippen LogP contribution in [0, 0.1) is 0 Å². The molecule has 112 valence electrons. The van der Waals surface area contributed by atoms with Crippen LogP contribution in [0.1, 0.15) is 0 Å². The first-order valence-corrected chi connectivity index (χ1v) is 7.43. The molecule has 0 radical (unpaired) electrons. The molecule has 0 N–H and O–H groups in total. The molecule has 0 spiro atoms. The molecule has 0 amide bonds. The molecule has 0 fully saturated rings. The first kappa shape index (κ1) is 14.9. The van der Waals surface area contributed by atoms with Gasteiger partial charge >= 0.3 is 0 Å². The highest BCUT2D eigenvalue weighted by Crippen LogP contribution is 2.22. The lowest BCUT2D eigenvalue weighted by Gasteiger charge is -2.09. The molecule has 0 aliphatic heterocycles. The molecule has 0 saturated carbocycles. The molecule has 22 heavy (non-hydrogen) atoms. The van der Waals surface area contributed by atoms with E-state index in [1.165, 1.54) is 10.9 Å². The molecule has 1 aromatic heterocycles. The SMILES string of the molecule is O=c1c2cc(Cl)ccc2ncn1CCOc1ccccc1Cl. The van der Waals surface area contributed by atoms with Gasteiger partial charge in [-0.15, -0.1) is 0 Å². The van der Waals surface area contributed by atoms with E-state index in [1.54, 1.807) is 30.3 Å². The first-order valence-electron chi connectivity index (χ1n) is 6.67. The van der Waals surface area contributed by atoms with E-state index in [0.29, 0.717) is 39.8 Å². The lowest BCUT2D eigenvalue weighted by Crippen LogP contribution is -2.23. The zero-order valence-electron chi connectivity index (χ0n) is 11.5. The van der Waals surface area contributed by atoms with E-state index in [1.807, 2.05) is 12.1 Å². The van der Waals surface area contributed by atoms with Crippen molar-refractivity contribution in [2.75, 3.05) is 6.61 Å². The van der Waals surface area contributed by atoms with Crippen LogP contribution in [0.5, 0.6) is 5.75 Å². The second-order valence-corrected chi connectivity index (χ2v) is 5.53. The monoisotopic (exact) mass is 334 g/mol. The molecule has 1 heterocycles. The number of rotatable bonds is 4. The van der Waals surface area contributed by atoms with Crippen LogP contribution in [-0.2, 0) is 6.54 Å². The van der Waals surface area contributed by atoms with Gasteiger partial charge in [0.15, 0.2) is 0 Å². The molecule has 3 rings (SSSR count). The van der Waals surface area contributed by atoms with E-state index in [2.05, 4.69) is 4.98 Å². The summed E-state index contributed by atoms with van der Waals surface area (Å²) in [5.41, 5.74) is 0.480. The van der Waals surface area contributed by atoms with Crippen molar-refractivity contribution < 1.29 is 4.74 Å². The Morgan fingerprint density at radius 2 is 1.95 bits per heavy atom. The quantitative estimate of drug-likeness (QED) is 0.729. The number of hydrogen-bond donors (Lipinski definition) is 0. The topological polar surface area (TPSA) is 44.1 Å². The molecule has 0 unspecified atom stereocenters. The normalized spacial score (nSPS) is 10.8. The lowest BCUT2D eigenvalue weighted by atomic mass is 10.2. The highest BCUT2D eigenvalue weighted by Gasteiger charge is 2.05. The minimum absolute atomic E-state index is 0.143. The molecular weight excluding hydrogens is 323 g/mol. The molecule has 0 atom stereocenters. The number of nitrogens with zero attached hydrogens (tertiary/aromatic N) is 2. The number of fused-ring (bicyclic) bond motifs is 1. The molecular formula is C16H12Cl2N2O2. The van der Waals surface area contributed by atoms with Crippen LogP contribution in [0.15, 0.2) is 53.6 Å². The van der Waals surface area contributed by atoms with Gasteiger partial charge in [0.25, 0.3) is 5.56 Å². The zero-order valence-corrected chi connectivity index (χ0v) is 13.0. The van der Waals surface area contributed by atoms with E-state index < -0.39 is 0 Å². The Bertz CT molecular complexity index is 877. The van der Waals surface area contributed by atoms with Crippen molar-refractivity contribution in [3.63, 3.8) is 0 Å². The van der Waals surface area contributed by atoms with Gasteiger partial charge in [0, 0.05) is 5.02 Å². The first-order chi connectivity index (χ1) is 10.6. The maximum absolute atomic E-state index is 12.4. The number of aromatic nitrogens is 2. The van der Waals surface area contributed by atoms with E-state index in [0.717, 1.165) is 0 Å². The van der Waals surface area contributed by atoms with Crippen LogP contribution < -0.4 is 10.3 Å². The number of hydrogen-bond acceptors (Lipinski definition) is 3. The lowest BCUT2D eigenvalue weighted by molar-refractivity contribution is 0.296. The summed E-state index contributed by atoms with van der Waals surface area (Å²) in [7, 11) is 0. The number of halogens is 2. The minimum Gasteiger partial charge on any atom is -0.490 e. The van der Waals surface area contributed by atoms with E-state index in [4.69, 9.17) is 27.9 Å². The van der Waals surface area contributed by atoms with E-state index in [9.17, 15) is 4.79 Å². The summed E-state index contributed by atoms with van der Waals surface area (Å²) in [6.45, 7) is 0.691. The van der Waals surface area contributed by atoms with Crippen molar-refractivity contribution in [3.05, 3.63) is 69.2 Å². The average Bonchev–Trinajstić information content (AvgIpc) is 2.52. The van der Waals surface area contributed by atoms with Gasteiger partial charge in [0.05, 0.1) is 28.8 Å². The maximum Gasteiger partial charge on any atom is 0.261 e. The minimum atomic E-state index is -0.143. The zero-order chi connectivity index (χ0) is 15.5. The van der Waals surface area contributed by atoms with Crippen molar-refractivity contribution in [2.24, 2.45) is 0 Å². The molecule has 3 aromatic rings. The second-order valence-electron chi connectivity index (χ2n) is 4.68. The summed E-state index contributed by atoms with van der Waals surface area (Å²) < 4.78 is 7.08. The fourth-order valence-corrected chi connectivity index (χ4v) is 2.47. The van der Waals surface area contributed by atoms with Gasteiger partial charge in [0.2, 0.25) is 0 Å². The molecule has 4 nitrogen and oxygen atoms in total. The Morgan fingerprint density at radius 3 is 2.77 bits per heavy atom. The third-order valence-corrected chi connectivity index (χ3v) is 3.76. The van der Waals surface area contributed by atoms with Gasteiger partial charge in [-0.3, -0.25) is 9.36 Å². The number of benzene rings is 2. The van der Waals surface area contributed by atoms with Crippen molar-refractivity contribution in [1.82, 2.24) is 9.55 Å². The predicted octanol–water partition coefficient (Wildman–Crippen LogP) is 3.78. The molecule has 0 bridgehead atoms. The van der Waals surface area contributed by atoms with Crippen molar-refractivity contribution >= 4 is 34.1 Å². The second kappa shape index (κ2) is 6.38. The van der Waals surface area contributed by atoms with Crippen LogP contribution in [0.2, 0.25) is 10.0 Å². The summed E-state index contributed by atoms with van der Waals surface area (Å²) in [5, 5.41) is 1.54. The van der Waals surface area contributed by atoms with Crippen LogP contribution in [0.3, 0.4) is 0 Å². The molecule has 0 aliphatic carbocycles. The molecule has 0 saturated heterocycles. The third kappa shape index (κ3) is 3.08. The fourth-order valence-electron chi connectivity index (χ4n) is 2.11. The van der Waals surface area contributed by atoms with Crippen LogP contribution >= 0.6 is 23.2 Å². The Morgan fingerprint density at radius 1 is 1.14 bits per heavy atom. The molecule has 6 heteroatoms. The molecule has 0 aliphatic rings. The Labute approximate surface area is 136 Å². The highest BCUT2D eigenvalue weighted by atomic mass is 35.5.